The Bertz CT molecular complexity index is 654. The number of carboxylic acid groups (broad SMARTS) is 1. The maximum atomic E-state index is 12.2. The number of methoxy groups -OCH3 is 1. The first-order valence-electron chi connectivity index (χ1n) is 5.73. The Balaban J connectivity index is 3.06. The van der Waals surface area contributed by atoms with E-state index in [1.165, 1.54) is 27.0 Å². The Kier molecular flexibility index (Phi) is 5.91. The molecule has 0 amide bonds. The lowest BCUT2D eigenvalue weighted by Gasteiger charge is -2.17. The maximum Gasteiger partial charge on any atom is 0.348 e. The van der Waals surface area contributed by atoms with E-state index in [0.29, 0.717) is 0 Å². The van der Waals surface area contributed by atoms with Crippen LogP contribution in [0.25, 0.3) is 0 Å². The van der Waals surface area contributed by atoms with Crippen molar-refractivity contribution in [3.63, 3.8) is 0 Å². The van der Waals surface area contributed by atoms with Gasteiger partial charge in [-0.2, -0.15) is 0 Å². The van der Waals surface area contributed by atoms with Gasteiger partial charge in [0.2, 0.25) is 10.0 Å². The van der Waals surface area contributed by atoms with Gasteiger partial charge < -0.3 is 9.84 Å². The maximum absolute atomic E-state index is 12.2. The van der Waals surface area contributed by atoms with E-state index in [9.17, 15) is 18.0 Å². The summed E-state index contributed by atoms with van der Waals surface area (Å²) in [5.41, 5.74) is 0. The van der Waals surface area contributed by atoms with E-state index in [-0.39, 0.29) is 13.6 Å². The molecule has 10 heteroatoms. The van der Waals surface area contributed by atoms with Crippen LogP contribution in [0.2, 0.25) is 0 Å². The normalized spacial score (nSPS) is 14.5. The molecule has 1 aromatic heterocycles. The Labute approximate surface area is 134 Å². The predicted molar refractivity (Wildman–Crippen MR) is 79.9 cm³/mol. The Morgan fingerprint density at radius 1 is 1.43 bits per heavy atom. The second-order valence-electron chi connectivity index (χ2n) is 4.28. The molecular weight excluding hydrogens is 386 g/mol. The second-order valence-corrected chi connectivity index (χ2v) is 8.33. The number of sulfonamides is 1. The quantitative estimate of drug-likeness (QED) is 0.704. The molecule has 7 nitrogen and oxygen atoms in total. The lowest BCUT2D eigenvalue weighted by Crippen LogP contribution is -2.39. The van der Waals surface area contributed by atoms with Gasteiger partial charge >= 0.3 is 11.9 Å². The van der Waals surface area contributed by atoms with Crippen molar-refractivity contribution in [2.75, 3.05) is 7.11 Å². The number of esters is 1. The molecule has 1 aromatic rings. The zero-order chi connectivity index (χ0) is 16.4. The fourth-order valence-electron chi connectivity index (χ4n) is 1.36. The largest absolute Gasteiger partial charge is 0.481 e. The summed E-state index contributed by atoms with van der Waals surface area (Å²) in [7, 11) is -2.75. The molecule has 0 aliphatic carbocycles. The minimum atomic E-state index is -3.95. The molecule has 0 fully saturated rings. The van der Waals surface area contributed by atoms with Crippen LogP contribution in [-0.2, 0) is 19.6 Å². The number of halogens is 1. The van der Waals surface area contributed by atoms with Gasteiger partial charge in [-0.05, 0) is 28.9 Å². The fraction of sp³-hybridized carbons (Fsp3) is 0.455. The summed E-state index contributed by atoms with van der Waals surface area (Å²) in [6.07, 6.45) is 0. The van der Waals surface area contributed by atoms with Gasteiger partial charge in [0.25, 0.3) is 0 Å². The number of rotatable bonds is 6. The van der Waals surface area contributed by atoms with Crippen molar-refractivity contribution in [2.24, 2.45) is 5.92 Å². The van der Waals surface area contributed by atoms with E-state index in [4.69, 9.17) is 5.11 Å². The van der Waals surface area contributed by atoms with Gasteiger partial charge in [0.1, 0.15) is 9.77 Å². The van der Waals surface area contributed by atoms with Crippen LogP contribution in [0.15, 0.2) is 14.7 Å². The number of nitrogens with one attached hydrogen (secondary N) is 1. The fourth-order valence-corrected chi connectivity index (χ4v) is 5.17. The molecule has 0 bridgehead atoms. The molecule has 0 radical (unpaired) electrons. The highest BCUT2D eigenvalue weighted by Crippen LogP contribution is 2.32. The highest BCUT2D eigenvalue weighted by atomic mass is 79.9. The zero-order valence-electron chi connectivity index (χ0n) is 11.4. The summed E-state index contributed by atoms with van der Waals surface area (Å²) in [5, 5.41) is 8.88. The van der Waals surface area contributed by atoms with E-state index in [0.717, 1.165) is 11.3 Å². The van der Waals surface area contributed by atoms with E-state index in [1.807, 2.05) is 0 Å². The lowest BCUT2D eigenvalue weighted by molar-refractivity contribution is -0.141. The molecule has 0 aliphatic heterocycles. The predicted octanol–water partition coefficient (Wildman–Crippen LogP) is 1.68. The summed E-state index contributed by atoms with van der Waals surface area (Å²) in [6.45, 7) is 2.86. The third kappa shape index (κ3) is 4.25. The number of aliphatic carboxylic acids is 1. The smallest absolute Gasteiger partial charge is 0.348 e. The number of carboxylic acids is 1. The van der Waals surface area contributed by atoms with Crippen LogP contribution in [0, 0.1) is 5.92 Å². The molecule has 2 atom stereocenters. The molecule has 2 N–H and O–H groups in total. The molecule has 1 rings (SSSR count). The number of carbonyl (C=O) groups is 2. The highest BCUT2D eigenvalue weighted by molar-refractivity contribution is 9.11. The van der Waals surface area contributed by atoms with Crippen LogP contribution in [0.4, 0.5) is 0 Å². The molecule has 21 heavy (non-hydrogen) atoms. The summed E-state index contributed by atoms with van der Waals surface area (Å²) in [4.78, 5) is 22.3. The number of carbonyl (C=O) groups excluding carboxylic acids is 1. The van der Waals surface area contributed by atoms with Gasteiger partial charge in [-0.15, -0.1) is 11.3 Å². The van der Waals surface area contributed by atoms with Crippen LogP contribution >= 0.6 is 27.3 Å². The van der Waals surface area contributed by atoms with Crippen LogP contribution < -0.4 is 4.72 Å². The van der Waals surface area contributed by atoms with Gasteiger partial charge in [0.15, 0.2) is 0 Å². The van der Waals surface area contributed by atoms with Gasteiger partial charge in [-0.25, -0.2) is 17.9 Å². The SMILES string of the molecule is COC(=O)c1cc(S(=O)(=O)NC(C)C(C)C(=O)O)c(Br)s1. The van der Waals surface area contributed by atoms with E-state index in [1.54, 1.807) is 0 Å². The standard InChI is InChI=1S/C11H14BrNO6S2/c1-5(10(14)15)6(2)13-21(17,18)8-4-7(11(16)19-3)20-9(8)12/h4-6,13H,1-3H3,(H,14,15). The Morgan fingerprint density at radius 3 is 2.48 bits per heavy atom. The summed E-state index contributed by atoms with van der Waals surface area (Å²) < 4.78 is 31.5. The van der Waals surface area contributed by atoms with E-state index < -0.39 is 33.9 Å². The first-order chi connectivity index (χ1) is 9.60. The minimum absolute atomic E-state index is 0.127. The third-order valence-corrected chi connectivity index (χ3v) is 6.60. The van der Waals surface area contributed by atoms with Crippen molar-refractivity contribution >= 4 is 49.2 Å². The molecule has 0 aliphatic rings. The highest BCUT2D eigenvalue weighted by Gasteiger charge is 2.28. The molecule has 0 aromatic carbocycles. The first-order valence-corrected chi connectivity index (χ1v) is 8.82. The van der Waals surface area contributed by atoms with E-state index >= 15 is 0 Å². The van der Waals surface area contributed by atoms with Gasteiger partial charge in [0, 0.05) is 6.04 Å². The number of hydrogen-bond acceptors (Lipinski definition) is 6. The Morgan fingerprint density at radius 2 is 2.00 bits per heavy atom. The van der Waals surface area contributed by atoms with Crippen molar-refractivity contribution in [3.8, 4) is 0 Å². The summed E-state index contributed by atoms with van der Waals surface area (Å²) >= 11 is 4.00. The third-order valence-electron chi connectivity index (χ3n) is 2.81. The van der Waals surface area contributed by atoms with Crippen molar-refractivity contribution in [1.82, 2.24) is 4.72 Å². The van der Waals surface area contributed by atoms with Crippen LogP contribution in [-0.4, -0.2) is 38.6 Å². The average Bonchev–Trinajstić information content (AvgIpc) is 2.79. The van der Waals surface area contributed by atoms with Crippen molar-refractivity contribution < 1.29 is 27.9 Å². The molecule has 0 saturated carbocycles. The summed E-state index contributed by atoms with van der Waals surface area (Å²) in [5.74, 6) is -2.64. The van der Waals surface area contributed by atoms with Crippen molar-refractivity contribution in [2.45, 2.75) is 24.8 Å². The van der Waals surface area contributed by atoms with Crippen molar-refractivity contribution in [1.29, 1.82) is 0 Å². The van der Waals surface area contributed by atoms with Crippen LogP contribution in [0.1, 0.15) is 23.5 Å². The average molecular weight is 400 g/mol. The molecule has 0 saturated heterocycles. The molecule has 118 valence electrons. The molecule has 1 heterocycles. The van der Waals surface area contributed by atoms with Crippen LogP contribution in [0.3, 0.4) is 0 Å². The van der Waals surface area contributed by atoms with Gasteiger partial charge in [-0.3, -0.25) is 4.79 Å². The number of thiophene rings is 1. The summed E-state index contributed by atoms with van der Waals surface area (Å²) in [6, 6.07) is 0.377. The first kappa shape index (κ1) is 18.1. The Hall–Kier alpha value is -0.970. The molecular formula is C11H14BrNO6S2. The minimum Gasteiger partial charge on any atom is -0.481 e. The van der Waals surface area contributed by atoms with Gasteiger partial charge in [-0.1, -0.05) is 6.92 Å². The molecule has 2 unspecified atom stereocenters. The number of hydrogen-bond donors (Lipinski definition) is 2. The van der Waals surface area contributed by atoms with Gasteiger partial charge in [0.05, 0.1) is 16.8 Å². The molecule has 0 spiro atoms. The van der Waals surface area contributed by atoms with Crippen molar-refractivity contribution in [3.05, 3.63) is 14.7 Å². The topological polar surface area (TPSA) is 110 Å². The zero-order valence-corrected chi connectivity index (χ0v) is 14.6. The second kappa shape index (κ2) is 6.86. The monoisotopic (exact) mass is 399 g/mol. The lowest BCUT2D eigenvalue weighted by atomic mass is 10.1. The number of ether oxygens (including phenoxy) is 1. The van der Waals surface area contributed by atoms with Crippen LogP contribution in [0.5, 0.6) is 0 Å². The van der Waals surface area contributed by atoms with E-state index in [2.05, 4.69) is 25.4 Å².